The van der Waals surface area contributed by atoms with E-state index < -0.39 is 52.5 Å². The summed E-state index contributed by atoms with van der Waals surface area (Å²) < 4.78 is 13.8. The molecule has 1 spiro atoms. The van der Waals surface area contributed by atoms with Gasteiger partial charge in [-0.05, 0) is 25.3 Å². The van der Waals surface area contributed by atoms with Crippen molar-refractivity contribution in [1.82, 2.24) is 9.80 Å². The zero-order chi connectivity index (χ0) is 23.1. The minimum Gasteiger partial charge on any atom is -0.469 e. The molecule has 11 heteroatoms. The summed E-state index contributed by atoms with van der Waals surface area (Å²) in [5.41, 5.74) is -1.74. The molecule has 3 heterocycles. The van der Waals surface area contributed by atoms with E-state index in [1.165, 1.54) is 26.2 Å². The minimum atomic E-state index is -1.74. The number of fused-ring (bicyclic) bond motifs is 1. The van der Waals surface area contributed by atoms with Crippen LogP contribution in [0.25, 0.3) is 0 Å². The SMILES string of the molecule is COC(=O)CC1(C(=O)OC)N2CCCC2C(C(=O)OC)C12SC(=S)N(CC(C)C)C2=O. The van der Waals surface area contributed by atoms with E-state index in [0.717, 1.165) is 11.8 Å². The quantitative estimate of drug-likeness (QED) is 0.316. The van der Waals surface area contributed by atoms with Crippen molar-refractivity contribution in [2.45, 2.75) is 49.4 Å². The summed E-state index contributed by atoms with van der Waals surface area (Å²) in [6.07, 6.45) is 0.844. The van der Waals surface area contributed by atoms with Crippen LogP contribution in [-0.2, 0) is 33.4 Å². The highest BCUT2D eigenvalue weighted by atomic mass is 32.2. The van der Waals surface area contributed by atoms with Crippen molar-refractivity contribution < 1.29 is 33.4 Å². The van der Waals surface area contributed by atoms with Crippen molar-refractivity contribution in [3.63, 3.8) is 0 Å². The van der Waals surface area contributed by atoms with E-state index in [-0.39, 0.29) is 10.2 Å². The Morgan fingerprint density at radius 2 is 1.87 bits per heavy atom. The monoisotopic (exact) mass is 472 g/mol. The Hall–Kier alpha value is -1.72. The summed E-state index contributed by atoms with van der Waals surface area (Å²) >= 11 is 6.55. The number of ether oxygens (including phenoxy) is 3. The zero-order valence-corrected chi connectivity index (χ0v) is 20.0. The van der Waals surface area contributed by atoms with E-state index in [9.17, 15) is 19.2 Å². The molecule has 0 N–H and O–H groups in total. The van der Waals surface area contributed by atoms with E-state index in [4.69, 9.17) is 26.4 Å². The number of thioether (sulfide) groups is 1. The second-order valence-corrected chi connectivity index (χ2v) is 10.3. The Labute approximate surface area is 191 Å². The summed E-state index contributed by atoms with van der Waals surface area (Å²) in [7, 11) is 3.68. The number of rotatable bonds is 6. The smallest absolute Gasteiger partial charge is 0.328 e. The van der Waals surface area contributed by atoms with E-state index >= 15 is 0 Å². The van der Waals surface area contributed by atoms with Gasteiger partial charge in [-0.2, -0.15) is 0 Å². The average molecular weight is 473 g/mol. The number of carbonyl (C=O) groups excluding carboxylic acids is 4. The fourth-order valence-corrected chi connectivity index (χ4v) is 7.44. The molecule has 3 saturated heterocycles. The lowest BCUT2D eigenvalue weighted by Crippen LogP contribution is -2.67. The predicted octanol–water partition coefficient (Wildman–Crippen LogP) is 0.984. The lowest BCUT2D eigenvalue weighted by Gasteiger charge is -2.43. The van der Waals surface area contributed by atoms with E-state index in [1.807, 2.05) is 13.8 Å². The second-order valence-electron chi connectivity index (χ2n) is 8.42. The molecule has 3 aliphatic rings. The van der Waals surface area contributed by atoms with Gasteiger partial charge in [0.15, 0.2) is 5.54 Å². The maximum atomic E-state index is 14.1. The number of methoxy groups -OCH3 is 3. The molecule has 0 aromatic carbocycles. The van der Waals surface area contributed by atoms with Crippen LogP contribution in [0.3, 0.4) is 0 Å². The van der Waals surface area contributed by atoms with Crippen LogP contribution < -0.4 is 0 Å². The van der Waals surface area contributed by atoms with Gasteiger partial charge >= 0.3 is 17.9 Å². The van der Waals surface area contributed by atoms with Gasteiger partial charge in [0.1, 0.15) is 9.07 Å². The van der Waals surface area contributed by atoms with Crippen LogP contribution in [0.5, 0.6) is 0 Å². The number of carbonyl (C=O) groups is 4. The standard InChI is InChI=1S/C20H28N2O7S2/c1-11(2)10-21-16(25)20(31-18(21)30)14(15(24)28-4)12-7-6-8-22(12)19(20,17(26)29-5)9-13(23)27-3/h11-12,14H,6-10H2,1-5H3. The Bertz CT molecular complexity index is 819. The molecule has 31 heavy (non-hydrogen) atoms. The van der Waals surface area contributed by atoms with Gasteiger partial charge in [-0.25, -0.2) is 4.79 Å². The molecule has 4 unspecified atom stereocenters. The van der Waals surface area contributed by atoms with Crippen LogP contribution in [-0.4, -0.2) is 88.7 Å². The summed E-state index contributed by atoms with van der Waals surface area (Å²) in [5.74, 6) is -3.40. The molecular weight excluding hydrogens is 444 g/mol. The number of esters is 3. The van der Waals surface area contributed by atoms with Gasteiger partial charge in [0.05, 0.1) is 33.7 Å². The van der Waals surface area contributed by atoms with Crippen molar-refractivity contribution >= 4 is 52.1 Å². The topological polar surface area (TPSA) is 102 Å². The molecule has 3 fully saturated rings. The highest BCUT2D eigenvalue weighted by molar-refractivity contribution is 8.25. The molecule has 0 radical (unpaired) electrons. The molecule has 3 rings (SSSR count). The molecule has 0 aromatic heterocycles. The molecule has 4 atom stereocenters. The molecule has 172 valence electrons. The number of hydrogen-bond donors (Lipinski definition) is 0. The van der Waals surface area contributed by atoms with Crippen molar-refractivity contribution in [1.29, 1.82) is 0 Å². The van der Waals surface area contributed by atoms with Crippen LogP contribution in [0.15, 0.2) is 0 Å². The Balaban J connectivity index is 2.31. The first-order valence-corrected chi connectivity index (χ1v) is 11.4. The maximum absolute atomic E-state index is 14.1. The first-order chi connectivity index (χ1) is 14.6. The van der Waals surface area contributed by atoms with E-state index in [1.54, 1.807) is 4.90 Å². The van der Waals surface area contributed by atoms with Crippen LogP contribution in [0.2, 0.25) is 0 Å². The molecular formula is C20H28N2O7S2. The van der Waals surface area contributed by atoms with Crippen LogP contribution in [0.4, 0.5) is 0 Å². The van der Waals surface area contributed by atoms with Gasteiger partial charge < -0.3 is 14.2 Å². The molecule has 3 aliphatic heterocycles. The Morgan fingerprint density at radius 3 is 2.42 bits per heavy atom. The minimum absolute atomic E-state index is 0.101. The van der Waals surface area contributed by atoms with Crippen molar-refractivity contribution in [2.75, 3.05) is 34.4 Å². The molecule has 9 nitrogen and oxygen atoms in total. The first kappa shape index (κ1) is 23.9. The van der Waals surface area contributed by atoms with Gasteiger partial charge in [0, 0.05) is 12.6 Å². The van der Waals surface area contributed by atoms with Crippen molar-refractivity contribution in [3.05, 3.63) is 0 Å². The van der Waals surface area contributed by atoms with Gasteiger partial charge in [-0.3, -0.25) is 24.2 Å². The van der Waals surface area contributed by atoms with Gasteiger partial charge in [0.2, 0.25) is 5.91 Å². The highest BCUT2D eigenvalue weighted by Gasteiger charge is 2.81. The average Bonchev–Trinajstić information content (AvgIpc) is 3.36. The second kappa shape index (κ2) is 8.67. The molecule has 0 saturated carbocycles. The van der Waals surface area contributed by atoms with Crippen molar-refractivity contribution in [3.8, 4) is 0 Å². The fourth-order valence-electron chi connectivity index (χ4n) is 5.33. The number of nitrogens with zero attached hydrogens (tertiary/aromatic N) is 2. The van der Waals surface area contributed by atoms with Crippen LogP contribution in [0.1, 0.15) is 33.1 Å². The number of hydrogen-bond acceptors (Lipinski definition) is 10. The molecule has 0 bridgehead atoms. The largest absolute Gasteiger partial charge is 0.469 e. The predicted molar refractivity (Wildman–Crippen MR) is 116 cm³/mol. The van der Waals surface area contributed by atoms with E-state index in [0.29, 0.717) is 25.9 Å². The highest BCUT2D eigenvalue weighted by Crippen LogP contribution is 2.62. The Morgan fingerprint density at radius 1 is 1.19 bits per heavy atom. The van der Waals surface area contributed by atoms with Gasteiger partial charge in [-0.15, -0.1) is 0 Å². The van der Waals surface area contributed by atoms with Crippen LogP contribution in [0, 0.1) is 11.8 Å². The van der Waals surface area contributed by atoms with Gasteiger partial charge in [-0.1, -0.05) is 37.8 Å². The maximum Gasteiger partial charge on any atom is 0.328 e. The molecule has 0 aliphatic carbocycles. The normalized spacial score (nSPS) is 32.6. The third kappa shape index (κ3) is 3.27. The van der Waals surface area contributed by atoms with Crippen LogP contribution >= 0.6 is 24.0 Å². The summed E-state index contributed by atoms with van der Waals surface area (Å²) in [6, 6.07) is -0.463. The lowest BCUT2D eigenvalue weighted by molar-refractivity contribution is -0.165. The third-order valence-electron chi connectivity index (χ3n) is 6.41. The lowest BCUT2D eigenvalue weighted by atomic mass is 9.73. The summed E-state index contributed by atoms with van der Waals surface area (Å²) in [4.78, 5) is 56.5. The third-order valence-corrected chi connectivity index (χ3v) is 8.37. The first-order valence-electron chi connectivity index (χ1n) is 10.2. The van der Waals surface area contributed by atoms with E-state index in [2.05, 4.69) is 0 Å². The fraction of sp³-hybridized carbons (Fsp3) is 0.750. The van der Waals surface area contributed by atoms with Gasteiger partial charge in [0.25, 0.3) is 0 Å². The summed E-state index contributed by atoms with van der Waals surface area (Å²) in [5, 5.41) is 0. The molecule has 0 aromatic rings. The summed E-state index contributed by atoms with van der Waals surface area (Å²) in [6.45, 7) is 4.65. The number of amides is 1. The number of thiocarbonyl (C=S) groups is 1. The Kier molecular flexibility index (Phi) is 6.69. The zero-order valence-electron chi connectivity index (χ0n) is 18.3. The molecule has 1 amide bonds. The van der Waals surface area contributed by atoms with Crippen molar-refractivity contribution in [2.24, 2.45) is 11.8 Å².